The maximum Gasteiger partial charge on any atom is 0.347 e. The third kappa shape index (κ3) is 2.31. The van der Waals surface area contributed by atoms with Crippen molar-refractivity contribution in [3.63, 3.8) is 0 Å². The quantitative estimate of drug-likeness (QED) is 0.729. The summed E-state index contributed by atoms with van der Waals surface area (Å²) in [5.74, 6) is -0.483. The van der Waals surface area contributed by atoms with Crippen LogP contribution in [0.4, 0.5) is 0 Å². The van der Waals surface area contributed by atoms with E-state index >= 15 is 0 Å². The van der Waals surface area contributed by atoms with Crippen LogP contribution in [0.25, 0.3) is 5.65 Å². The molecule has 2 aromatic heterocycles. The van der Waals surface area contributed by atoms with Crippen LogP contribution < -0.4 is 5.69 Å². The van der Waals surface area contributed by atoms with Crippen LogP contribution in [0, 0.1) is 0 Å². The Morgan fingerprint density at radius 1 is 1.20 bits per heavy atom. The second-order valence-electron chi connectivity index (χ2n) is 4.24. The summed E-state index contributed by atoms with van der Waals surface area (Å²) in [6.07, 6.45) is 1.41. The number of rotatable bonds is 3. The highest BCUT2D eigenvalue weighted by Crippen LogP contribution is 2.07. The molecule has 3 aromatic rings. The standard InChI is InChI=1S/C14H11N3O3/c18-13(20-9-10-4-2-1-3-5-10)11-6-7-12-15-16-14(19)17(12)8-11/h1-8H,9H2,(H,16,19). The molecular weight excluding hydrogens is 258 g/mol. The summed E-state index contributed by atoms with van der Waals surface area (Å²) in [6.45, 7) is 0.192. The third-order valence-corrected chi connectivity index (χ3v) is 2.86. The molecule has 0 amide bonds. The highest BCUT2D eigenvalue weighted by molar-refractivity contribution is 5.89. The Hall–Kier alpha value is -2.89. The average Bonchev–Trinajstić information content (AvgIpc) is 2.87. The summed E-state index contributed by atoms with van der Waals surface area (Å²) in [4.78, 5) is 23.4. The van der Waals surface area contributed by atoms with Gasteiger partial charge >= 0.3 is 11.7 Å². The summed E-state index contributed by atoms with van der Waals surface area (Å²) >= 11 is 0. The second kappa shape index (κ2) is 5.00. The normalized spacial score (nSPS) is 10.6. The van der Waals surface area contributed by atoms with Crippen molar-refractivity contribution >= 4 is 11.6 Å². The molecule has 0 unspecified atom stereocenters. The van der Waals surface area contributed by atoms with Gasteiger partial charge in [0.15, 0.2) is 5.65 Å². The molecule has 0 fully saturated rings. The number of hydrogen-bond donors (Lipinski definition) is 1. The Morgan fingerprint density at radius 2 is 2.00 bits per heavy atom. The van der Waals surface area contributed by atoms with Gasteiger partial charge in [0.2, 0.25) is 0 Å². The molecule has 6 nitrogen and oxygen atoms in total. The minimum Gasteiger partial charge on any atom is -0.457 e. The first kappa shape index (κ1) is 12.2. The number of nitrogens with one attached hydrogen (secondary N) is 1. The molecule has 6 heteroatoms. The van der Waals surface area contributed by atoms with Crippen LogP contribution >= 0.6 is 0 Å². The van der Waals surface area contributed by atoms with E-state index in [1.807, 2.05) is 30.3 Å². The van der Waals surface area contributed by atoms with Crippen molar-refractivity contribution in [1.82, 2.24) is 14.6 Å². The molecule has 2 heterocycles. The van der Waals surface area contributed by atoms with Crippen molar-refractivity contribution in [2.75, 3.05) is 0 Å². The van der Waals surface area contributed by atoms with Gasteiger partial charge < -0.3 is 4.74 Å². The van der Waals surface area contributed by atoms with E-state index in [0.717, 1.165) is 5.56 Å². The first-order valence-corrected chi connectivity index (χ1v) is 6.02. The molecule has 0 aliphatic heterocycles. The molecule has 0 aliphatic carbocycles. The lowest BCUT2D eigenvalue weighted by molar-refractivity contribution is 0.0472. The number of H-pyrrole nitrogens is 1. The molecule has 0 bridgehead atoms. The summed E-state index contributed by atoms with van der Waals surface area (Å²) in [5, 5.41) is 6.09. The lowest BCUT2D eigenvalue weighted by atomic mass is 10.2. The van der Waals surface area contributed by atoms with Gasteiger partial charge in [-0.3, -0.25) is 0 Å². The van der Waals surface area contributed by atoms with Gasteiger partial charge in [-0.25, -0.2) is 19.1 Å². The topological polar surface area (TPSA) is 76.5 Å². The van der Waals surface area contributed by atoms with Crippen molar-refractivity contribution in [1.29, 1.82) is 0 Å². The number of esters is 1. The van der Waals surface area contributed by atoms with Crippen LogP contribution in [0.2, 0.25) is 0 Å². The molecule has 0 aliphatic rings. The molecule has 1 N–H and O–H groups in total. The monoisotopic (exact) mass is 269 g/mol. The fraction of sp³-hybridized carbons (Fsp3) is 0.0714. The van der Waals surface area contributed by atoms with Crippen LogP contribution in [-0.4, -0.2) is 20.6 Å². The zero-order chi connectivity index (χ0) is 13.9. The van der Waals surface area contributed by atoms with Gasteiger partial charge in [0, 0.05) is 6.20 Å². The number of carbonyl (C=O) groups is 1. The molecule has 1 aromatic carbocycles. The molecule has 0 saturated carbocycles. The summed E-state index contributed by atoms with van der Waals surface area (Å²) in [6, 6.07) is 12.5. The number of benzene rings is 1. The Labute approximate surface area is 113 Å². The molecule has 20 heavy (non-hydrogen) atoms. The third-order valence-electron chi connectivity index (χ3n) is 2.86. The van der Waals surface area contributed by atoms with E-state index in [2.05, 4.69) is 10.2 Å². The highest BCUT2D eigenvalue weighted by Gasteiger charge is 2.10. The van der Waals surface area contributed by atoms with Gasteiger partial charge in [-0.05, 0) is 17.7 Å². The largest absolute Gasteiger partial charge is 0.457 e. The second-order valence-corrected chi connectivity index (χ2v) is 4.24. The molecule has 3 rings (SSSR count). The van der Waals surface area contributed by atoms with Crippen LogP contribution in [0.3, 0.4) is 0 Å². The summed E-state index contributed by atoms with van der Waals surface area (Å²) in [7, 11) is 0. The zero-order valence-electron chi connectivity index (χ0n) is 10.4. The molecule has 0 atom stereocenters. The minimum absolute atomic E-state index is 0.192. The number of hydrogen-bond acceptors (Lipinski definition) is 4. The van der Waals surface area contributed by atoms with Crippen molar-refractivity contribution in [2.45, 2.75) is 6.61 Å². The summed E-state index contributed by atoms with van der Waals surface area (Å²) in [5.41, 5.74) is 1.27. The van der Waals surface area contributed by atoms with Gasteiger partial charge in [-0.1, -0.05) is 30.3 Å². The smallest absolute Gasteiger partial charge is 0.347 e. The number of fused-ring (bicyclic) bond motifs is 1. The number of ether oxygens (including phenoxy) is 1. The van der Waals surface area contributed by atoms with Crippen LogP contribution in [-0.2, 0) is 11.3 Å². The molecule has 100 valence electrons. The molecular formula is C14H11N3O3. The Balaban J connectivity index is 1.78. The lowest BCUT2D eigenvalue weighted by Gasteiger charge is -2.04. The Morgan fingerprint density at radius 3 is 2.80 bits per heavy atom. The van der Waals surface area contributed by atoms with Crippen molar-refractivity contribution < 1.29 is 9.53 Å². The van der Waals surface area contributed by atoms with Gasteiger partial charge in [-0.2, -0.15) is 5.10 Å². The van der Waals surface area contributed by atoms with E-state index in [1.54, 1.807) is 12.1 Å². The van der Waals surface area contributed by atoms with E-state index < -0.39 is 11.7 Å². The predicted molar refractivity (Wildman–Crippen MR) is 71.4 cm³/mol. The number of nitrogens with zero attached hydrogens (tertiary/aromatic N) is 2. The van der Waals surface area contributed by atoms with Gasteiger partial charge in [0.1, 0.15) is 6.61 Å². The first-order valence-electron chi connectivity index (χ1n) is 6.02. The fourth-order valence-electron chi connectivity index (χ4n) is 1.83. The SMILES string of the molecule is O=C(OCc1ccccc1)c1ccc2n[nH]c(=O)n2c1. The van der Waals surface area contributed by atoms with Crippen LogP contribution in [0.15, 0.2) is 53.5 Å². The number of carbonyl (C=O) groups excluding carboxylic acids is 1. The molecule has 0 spiro atoms. The van der Waals surface area contributed by atoms with Crippen LogP contribution in [0.1, 0.15) is 15.9 Å². The van der Waals surface area contributed by atoms with E-state index in [9.17, 15) is 9.59 Å². The number of pyridine rings is 1. The van der Waals surface area contributed by atoms with Crippen LogP contribution in [0.5, 0.6) is 0 Å². The maximum absolute atomic E-state index is 11.9. The first-order chi connectivity index (χ1) is 9.74. The van der Waals surface area contributed by atoms with Gasteiger partial charge in [0.05, 0.1) is 5.56 Å². The van der Waals surface area contributed by atoms with Crippen molar-refractivity contribution in [2.24, 2.45) is 0 Å². The average molecular weight is 269 g/mol. The Kier molecular flexibility index (Phi) is 3.04. The van der Waals surface area contributed by atoms with E-state index in [0.29, 0.717) is 11.2 Å². The van der Waals surface area contributed by atoms with Gasteiger partial charge in [0.25, 0.3) is 0 Å². The maximum atomic E-state index is 11.9. The molecule has 0 radical (unpaired) electrons. The zero-order valence-corrected chi connectivity index (χ0v) is 10.4. The van der Waals surface area contributed by atoms with Crippen molar-refractivity contribution in [3.8, 4) is 0 Å². The highest BCUT2D eigenvalue weighted by atomic mass is 16.5. The molecule has 0 saturated heterocycles. The fourth-order valence-corrected chi connectivity index (χ4v) is 1.83. The lowest BCUT2D eigenvalue weighted by Crippen LogP contribution is -2.12. The Bertz CT molecular complexity index is 805. The predicted octanol–water partition coefficient (Wildman–Crippen LogP) is 1.38. The van der Waals surface area contributed by atoms with E-state index in [4.69, 9.17) is 4.74 Å². The number of aromatic nitrogens is 3. The van der Waals surface area contributed by atoms with Crippen molar-refractivity contribution in [3.05, 3.63) is 70.3 Å². The minimum atomic E-state index is -0.483. The van der Waals surface area contributed by atoms with E-state index in [1.165, 1.54) is 10.6 Å². The summed E-state index contributed by atoms with van der Waals surface area (Å²) < 4.78 is 6.46. The number of aromatic amines is 1. The van der Waals surface area contributed by atoms with E-state index in [-0.39, 0.29) is 6.61 Å². The van der Waals surface area contributed by atoms with Gasteiger partial charge in [-0.15, -0.1) is 0 Å².